The van der Waals surface area contributed by atoms with E-state index in [4.69, 9.17) is 10.5 Å². The van der Waals surface area contributed by atoms with Gasteiger partial charge in [0, 0.05) is 13.7 Å². The number of nitrogens with one attached hydrogen (secondary N) is 3. The van der Waals surface area contributed by atoms with Crippen molar-refractivity contribution >= 4 is 17.8 Å². The summed E-state index contributed by atoms with van der Waals surface area (Å²) in [7, 11) is 1.57. The number of nitrogen functional groups attached to an aromatic ring is 1. The highest BCUT2D eigenvalue weighted by Gasteiger charge is 2.13. The summed E-state index contributed by atoms with van der Waals surface area (Å²) in [6.45, 7) is 2.65. The highest BCUT2D eigenvalue weighted by atomic mass is 16.5. The summed E-state index contributed by atoms with van der Waals surface area (Å²) in [6.07, 6.45) is 0. The summed E-state index contributed by atoms with van der Waals surface area (Å²) >= 11 is 0. The number of aromatic amines is 1. The highest BCUT2D eigenvalue weighted by Crippen LogP contribution is 2.01. The van der Waals surface area contributed by atoms with Crippen molar-refractivity contribution in [1.29, 1.82) is 0 Å². The number of amides is 1. The lowest BCUT2D eigenvalue weighted by atomic mass is 10.3. The summed E-state index contributed by atoms with van der Waals surface area (Å²) in [5.41, 5.74) is 5.34. The largest absolute Gasteiger partial charge is 0.383 e. The van der Waals surface area contributed by atoms with Crippen LogP contribution in [0.5, 0.6) is 0 Å². The minimum atomic E-state index is -0.438. The third-order valence-electron chi connectivity index (χ3n) is 1.85. The molecule has 1 aromatic heterocycles. The predicted octanol–water partition coefficient (Wildman–Crippen LogP) is -1.05. The van der Waals surface area contributed by atoms with Gasteiger partial charge in [0.1, 0.15) is 6.04 Å². The average molecular weight is 228 g/mol. The Morgan fingerprint density at radius 1 is 1.69 bits per heavy atom. The van der Waals surface area contributed by atoms with E-state index < -0.39 is 6.04 Å². The monoisotopic (exact) mass is 228 g/mol. The molecule has 5 N–H and O–H groups in total. The number of hydrogen-bond donors (Lipinski definition) is 4. The predicted molar refractivity (Wildman–Crippen MR) is 58.8 cm³/mol. The number of nitrogens with zero attached hydrogens (tertiary/aromatic N) is 2. The number of nitrogens with two attached hydrogens (primary N) is 1. The number of ether oxygens (including phenoxy) is 1. The zero-order valence-corrected chi connectivity index (χ0v) is 9.28. The van der Waals surface area contributed by atoms with E-state index in [0.29, 0.717) is 19.1 Å². The summed E-state index contributed by atoms with van der Waals surface area (Å²) in [5, 5.41) is 11.7. The van der Waals surface area contributed by atoms with Gasteiger partial charge in [0.25, 0.3) is 0 Å². The number of hydrogen-bond acceptors (Lipinski definition) is 6. The molecule has 0 aliphatic heterocycles. The second kappa shape index (κ2) is 5.91. The fraction of sp³-hybridized carbons (Fsp3) is 0.625. The highest BCUT2D eigenvalue weighted by molar-refractivity contribution is 5.83. The zero-order chi connectivity index (χ0) is 12.0. The Balaban J connectivity index is 2.34. The van der Waals surface area contributed by atoms with Crippen LogP contribution in [0.25, 0.3) is 0 Å². The molecule has 0 spiro atoms. The lowest BCUT2D eigenvalue weighted by Gasteiger charge is -2.12. The van der Waals surface area contributed by atoms with Crippen LogP contribution in [-0.4, -0.2) is 47.4 Å². The van der Waals surface area contributed by atoms with E-state index in [0.717, 1.165) is 0 Å². The maximum atomic E-state index is 11.5. The quantitative estimate of drug-likeness (QED) is 0.461. The van der Waals surface area contributed by atoms with E-state index >= 15 is 0 Å². The first-order valence-electron chi connectivity index (χ1n) is 4.84. The van der Waals surface area contributed by atoms with Gasteiger partial charge in [-0.2, -0.15) is 4.98 Å². The smallest absolute Gasteiger partial charge is 0.244 e. The van der Waals surface area contributed by atoms with Crippen LogP contribution in [0, 0.1) is 0 Å². The van der Waals surface area contributed by atoms with Gasteiger partial charge in [-0.1, -0.05) is 0 Å². The van der Waals surface area contributed by atoms with Crippen molar-refractivity contribution in [2.75, 3.05) is 31.3 Å². The molecule has 16 heavy (non-hydrogen) atoms. The van der Waals surface area contributed by atoms with Gasteiger partial charge in [-0.3, -0.25) is 4.79 Å². The average Bonchev–Trinajstić information content (AvgIpc) is 2.64. The lowest BCUT2D eigenvalue weighted by molar-refractivity contribution is -0.121. The summed E-state index contributed by atoms with van der Waals surface area (Å²) < 4.78 is 4.81. The number of rotatable bonds is 6. The van der Waals surface area contributed by atoms with Crippen molar-refractivity contribution in [3.63, 3.8) is 0 Å². The van der Waals surface area contributed by atoms with Gasteiger partial charge in [0.15, 0.2) is 0 Å². The molecule has 1 unspecified atom stereocenters. The van der Waals surface area contributed by atoms with Gasteiger partial charge in [-0.05, 0) is 6.92 Å². The lowest BCUT2D eigenvalue weighted by Crippen LogP contribution is -2.39. The summed E-state index contributed by atoms with van der Waals surface area (Å²) in [4.78, 5) is 15.3. The molecular formula is C8H16N6O2. The van der Waals surface area contributed by atoms with Crippen LogP contribution < -0.4 is 16.4 Å². The second-order valence-corrected chi connectivity index (χ2v) is 3.19. The molecule has 0 aromatic carbocycles. The fourth-order valence-corrected chi connectivity index (χ4v) is 1.03. The van der Waals surface area contributed by atoms with E-state index in [2.05, 4.69) is 25.8 Å². The Kier molecular flexibility index (Phi) is 4.52. The molecule has 0 fully saturated rings. The van der Waals surface area contributed by atoms with E-state index in [-0.39, 0.29) is 11.9 Å². The molecule has 0 bridgehead atoms. The Morgan fingerprint density at radius 3 is 3.00 bits per heavy atom. The molecule has 0 aliphatic carbocycles. The Labute approximate surface area is 93.0 Å². The Hall–Kier alpha value is -1.83. The SMILES string of the molecule is COCCNC(=O)C(C)Nc1n[nH]c(N)n1. The molecule has 8 nitrogen and oxygen atoms in total. The number of methoxy groups -OCH3 is 1. The topological polar surface area (TPSA) is 118 Å². The third kappa shape index (κ3) is 3.73. The molecule has 0 saturated heterocycles. The van der Waals surface area contributed by atoms with E-state index in [1.165, 1.54) is 0 Å². The molecule has 0 radical (unpaired) electrons. The molecular weight excluding hydrogens is 212 g/mol. The minimum absolute atomic E-state index is 0.152. The number of carbonyl (C=O) groups excluding carboxylic acids is 1. The zero-order valence-electron chi connectivity index (χ0n) is 9.28. The standard InChI is InChI=1S/C8H16N6O2/c1-5(6(15)10-3-4-16-2)11-8-12-7(9)13-14-8/h5H,3-4H2,1-2H3,(H,10,15)(H4,9,11,12,13,14). The van der Waals surface area contributed by atoms with Crippen molar-refractivity contribution in [3.8, 4) is 0 Å². The summed E-state index contributed by atoms with van der Waals surface area (Å²) in [6, 6.07) is -0.438. The van der Waals surface area contributed by atoms with Gasteiger partial charge in [0.05, 0.1) is 6.61 Å². The van der Waals surface area contributed by atoms with Crippen molar-refractivity contribution in [2.45, 2.75) is 13.0 Å². The number of aromatic nitrogens is 3. The van der Waals surface area contributed by atoms with Crippen LogP contribution >= 0.6 is 0 Å². The van der Waals surface area contributed by atoms with Crippen LogP contribution in [-0.2, 0) is 9.53 Å². The maximum Gasteiger partial charge on any atom is 0.244 e. The molecule has 0 aliphatic rings. The first kappa shape index (κ1) is 12.2. The second-order valence-electron chi connectivity index (χ2n) is 3.19. The van der Waals surface area contributed by atoms with Crippen LogP contribution in [0.2, 0.25) is 0 Å². The molecule has 1 amide bonds. The normalized spacial score (nSPS) is 12.1. The van der Waals surface area contributed by atoms with Crippen molar-refractivity contribution in [3.05, 3.63) is 0 Å². The molecule has 1 aromatic rings. The van der Waals surface area contributed by atoms with Crippen molar-refractivity contribution < 1.29 is 9.53 Å². The number of H-pyrrole nitrogens is 1. The first-order valence-corrected chi connectivity index (χ1v) is 4.84. The van der Waals surface area contributed by atoms with Crippen LogP contribution in [0.4, 0.5) is 11.9 Å². The molecule has 0 saturated carbocycles. The van der Waals surface area contributed by atoms with Crippen LogP contribution in [0.1, 0.15) is 6.92 Å². The molecule has 1 atom stereocenters. The Bertz CT molecular complexity index is 339. The molecule has 8 heteroatoms. The van der Waals surface area contributed by atoms with Crippen LogP contribution in [0.3, 0.4) is 0 Å². The van der Waals surface area contributed by atoms with E-state index in [9.17, 15) is 4.79 Å². The molecule has 90 valence electrons. The fourth-order valence-electron chi connectivity index (χ4n) is 1.03. The van der Waals surface area contributed by atoms with Gasteiger partial charge >= 0.3 is 0 Å². The van der Waals surface area contributed by atoms with Crippen LogP contribution in [0.15, 0.2) is 0 Å². The number of anilines is 2. The third-order valence-corrected chi connectivity index (χ3v) is 1.85. The Morgan fingerprint density at radius 2 is 2.44 bits per heavy atom. The first-order chi connectivity index (χ1) is 7.63. The maximum absolute atomic E-state index is 11.5. The minimum Gasteiger partial charge on any atom is -0.383 e. The van der Waals surface area contributed by atoms with Gasteiger partial charge in [-0.25, -0.2) is 5.10 Å². The van der Waals surface area contributed by atoms with Crippen molar-refractivity contribution in [1.82, 2.24) is 20.5 Å². The van der Waals surface area contributed by atoms with Gasteiger partial charge in [-0.15, -0.1) is 5.10 Å². The van der Waals surface area contributed by atoms with E-state index in [1.807, 2.05) is 0 Å². The van der Waals surface area contributed by atoms with Gasteiger partial charge in [0.2, 0.25) is 17.8 Å². The number of carbonyl (C=O) groups is 1. The van der Waals surface area contributed by atoms with E-state index in [1.54, 1.807) is 14.0 Å². The van der Waals surface area contributed by atoms with Gasteiger partial charge < -0.3 is 21.1 Å². The molecule has 1 rings (SSSR count). The van der Waals surface area contributed by atoms with Crippen molar-refractivity contribution in [2.24, 2.45) is 0 Å². The molecule has 1 heterocycles. The summed E-state index contributed by atoms with van der Waals surface area (Å²) in [5.74, 6) is 0.349.